The molecule has 1 aliphatic carbocycles. The summed E-state index contributed by atoms with van der Waals surface area (Å²) in [5.41, 5.74) is 6.74. The smallest absolute Gasteiger partial charge is 0.270 e. The predicted molar refractivity (Wildman–Crippen MR) is 91.7 cm³/mol. The van der Waals surface area contributed by atoms with E-state index in [-0.39, 0.29) is 23.2 Å². The topological polar surface area (TPSA) is 85.1 Å². The molecule has 2 aromatic rings. The maximum absolute atomic E-state index is 12.5. The summed E-state index contributed by atoms with van der Waals surface area (Å²) < 4.78 is 0. The fourth-order valence-electron chi connectivity index (χ4n) is 2.81. The van der Waals surface area contributed by atoms with Gasteiger partial charge in [0.25, 0.3) is 5.91 Å². The molecular formula is C18H18ClN3O2. The standard InChI is InChI=1S/C18H18ClN3O2/c1-10-8-14(10)16(11-2-5-13(19)6-3-11)22-18(24)15-7-4-12(9-21-15)17(20)23/h2-7,9-10,14,16H,8H2,1H3,(H2,20,23)(H,22,24)/t10-,14+,16+/m1/s1. The lowest BCUT2D eigenvalue weighted by molar-refractivity contribution is 0.0923. The molecular weight excluding hydrogens is 326 g/mol. The summed E-state index contributed by atoms with van der Waals surface area (Å²) in [7, 11) is 0. The lowest BCUT2D eigenvalue weighted by Gasteiger charge is -2.19. The van der Waals surface area contributed by atoms with Crippen molar-refractivity contribution in [2.24, 2.45) is 17.6 Å². The molecule has 3 N–H and O–H groups in total. The van der Waals surface area contributed by atoms with E-state index in [1.54, 1.807) is 0 Å². The summed E-state index contributed by atoms with van der Waals surface area (Å²) in [6, 6.07) is 10.4. The zero-order valence-electron chi connectivity index (χ0n) is 13.2. The molecule has 124 valence electrons. The van der Waals surface area contributed by atoms with Crippen LogP contribution in [0, 0.1) is 11.8 Å². The first-order valence-corrected chi connectivity index (χ1v) is 8.15. The molecule has 0 saturated heterocycles. The molecule has 1 aromatic heterocycles. The maximum atomic E-state index is 12.5. The summed E-state index contributed by atoms with van der Waals surface area (Å²) in [6.07, 6.45) is 2.38. The Morgan fingerprint density at radius 2 is 1.92 bits per heavy atom. The molecule has 0 spiro atoms. The van der Waals surface area contributed by atoms with E-state index >= 15 is 0 Å². The molecule has 1 saturated carbocycles. The van der Waals surface area contributed by atoms with Crippen LogP contribution < -0.4 is 11.1 Å². The number of aromatic nitrogens is 1. The summed E-state index contributed by atoms with van der Waals surface area (Å²) >= 11 is 5.95. The monoisotopic (exact) mass is 343 g/mol. The number of carbonyl (C=O) groups excluding carboxylic acids is 2. The number of amides is 2. The fourth-order valence-corrected chi connectivity index (χ4v) is 2.94. The molecule has 1 aliphatic rings. The number of hydrogen-bond acceptors (Lipinski definition) is 3. The third kappa shape index (κ3) is 3.57. The molecule has 2 amide bonds. The van der Waals surface area contributed by atoms with Gasteiger partial charge in [-0.2, -0.15) is 0 Å². The molecule has 0 aliphatic heterocycles. The minimum absolute atomic E-state index is 0.0811. The largest absolute Gasteiger partial charge is 0.366 e. The Hall–Kier alpha value is -2.40. The number of hydrogen-bond donors (Lipinski definition) is 2. The molecule has 0 radical (unpaired) electrons. The number of nitrogens with zero attached hydrogens (tertiary/aromatic N) is 1. The quantitative estimate of drug-likeness (QED) is 0.875. The van der Waals surface area contributed by atoms with Crippen molar-refractivity contribution in [3.05, 3.63) is 64.4 Å². The average Bonchev–Trinajstić information content (AvgIpc) is 3.30. The predicted octanol–water partition coefficient (Wildman–Crippen LogP) is 2.96. The van der Waals surface area contributed by atoms with Crippen LogP contribution in [0.5, 0.6) is 0 Å². The van der Waals surface area contributed by atoms with Crippen molar-refractivity contribution in [1.29, 1.82) is 0 Å². The normalized spacial score (nSPS) is 20.2. The fraction of sp³-hybridized carbons (Fsp3) is 0.278. The van der Waals surface area contributed by atoms with Crippen molar-refractivity contribution < 1.29 is 9.59 Å². The Kier molecular flexibility index (Phi) is 4.53. The Morgan fingerprint density at radius 1 is 1.25 bits per heavy atom. The van der Waals surface area contributed by atoms with Gasteiger partial charge in [0.1, 0.15) is 5.69 Å². The van der Waals surface area contributed by atoms with Crippen LogP contribution in [0.3, 0.4) is 0 Å². The molecule has 1 fully saturated rings. The number of benzene rings is 1. The first-order chi connectivity index (χ1) is 11.5. The van der Waals surface area contributed by atoms with Gasteiger partial charge in [-0.3, -0.25) is 14.6 Å². The van der Waals surface area contributed by atoms with E-state index < -0.39 is 5.91 Å². The number of primary amides is 1. The Morgan fingerprint density at radius 3 is 2.42 bits per heavy atom. The van der Waals surface area contributed by atoms with Gasteiger partial charge >= 0.3 is 0 Å². The number of halogens is 1. The molecule has 0 unspecified atom stereocenters. The first-order valence-electron chi connectivity index (χ1n) is 7.78. The molecule has 1 aromatic carbocycles. The molecule has 6 heteroatoms. The van der Waals surface area contributed by atoms with Crippen molar-refractivity contribution in [2.45, 2.75) is 19.4 Å². The van der Waals surface area contributed by atoms with Crippen LogP contribution in [0.15, 0.2) is 42.6 Å². The third-order valence-electron chi connectivity index (χ3n) is 4.40. The van der Waals surface area contributed by atoms with E-state index in [4.69, 9.17) is 17.3 Å². The number of rotatable bonds is 5. The van der Waals surface area contributed by atoms with Gasteiger partial charge in [0.05, 0.1) is 11.6 Å². The van der Waals surface area contributed by atoms with E-state index in [1.807, 2.05) is 24.3 Å². The second kappa shape index (κ2) is 6.61. The van der Waals surface area contributed by atoms with Crippen molar-refractivity contribution in [3.63, 3.8) is 0 Å². The Bertz CT molecular complexity index is 759. The van der Waals surface area contributed by atoms with E-state index in [0.717, 1.165) is 12.0 Å². The Labute approximate surface area is 145 Å². The van der Waals surface area contributed by atoms with Gasteiger partial charge < -0.3 is 11.1 Å². The minimum Gasteiger partial charge on any atom is -0.366 e. The number of nitrogens with two attached hydrogens (primary N) is 1. The maximum Gasteiger partial charge on any atom is 0.270 e. The SMILES string of the molecule is C[C@@H]1C[C@@H]1[C@@H](NC(=O)c1ccc(C(N)=O)cn1)c1ccc(Cl)cc1. The average molecular weight is 344 g/mol. The van der Waals surface area contributed by atoms with Crippen molar-refractivity contribution >= 4 is 23.4 Å². The van der Waals surface area contributed by atoms with Gasteiger partial charge in [0.15, 0.2) is 0 Å². The molecule has 3 rings (SSSR count). The van der Waals surface area contributed by atoms with Crippen molar-refractivity contribution in [3.8, 4) is 0 Å². The van der Waals surface area contributed by atoms with E-state index in [2.05, 4.69) is 17.2 Å². The van der Waals surface area contributed by atoms with Gasteiger partial charge in [0.2, 0.25) is 5.91 Å². The van der Waals surface area contributed by atoms with Crippen LogP contribution in [-0.2, 0) is 0 Å². The number of nitrogens with one attached hydrogen (secondary N) is 1. The highest BCUT2D eigenvalue weighted by atomic mass is 35.5. The Balaban J connectivity index is 1.78. The van der Waals surface area contributed by atoms with Gasteiger partial charge in [0, 0.05) is 11.2 Å². The van der Waals surface area contributed by atoms with Crippen LogP contribution in [0.4, 0.5) is 0 Å². The molecule has 5 nitrogen and oxygen atoms in total. The van der Waals surface area contributed by atoms with Gasteiger partial charge in [-0.1, -0.05) is 30.7 Å². The molecule has 1 heterocycles. The highest BCUT2D eigenvalue weighted by molar-refractivity contribution is 6.30. The van der Waals surface area contributed by atoms with Crippen molar-refractivity contribution in [1.82, 2.24) is 10.3 Å². The van der Waals surface area contributed by atoms with E-state index in [9.17, 15) is 9.59 Å². The van der Waals surface area contributed by atoms with Gasteiger partial charge in [-0.05, 0) is 48.1 Å². The molecule has 24 heavy (non-hydrogen) atoms. The lowest BCUT2D eigenvalue weighted by Crippen LogP contribution is -2.31. The van der Waals surface area contributed by atoms with Gasteiger partial charge in [-0.15, -0.1) is 0 Å². The van der Waals surface area contributed by atoms with Gasteiger partial charge in [-0.25, -0.2) is 0 Å². The van der Waals surface area contributed by atoms with E-state index in [1.165, 1.54) is 18.3 Å². The minimum atomic E-state index is -0.569. The second-order valence-electron chi connectivity index (χ2n) is 6.18. The summed E-state index contributed by atoms with van der Waals surface area (Å²) in [5, 5.41) is 3.71. The second-order valence-corrected chi connectivity index (χ2v) is 6.61. The summed E-state index contributed by atoms with van der Waals surface area (Å²) in [5.74, 6) is 0.126. The lowest BCUT2D eigenvalue weighted by atomic mass is 10.0. The molecule has 3 atom stereocenters. The van der Waals surface area contributed by atoms with Crippen LogP contribution in [0.2, 0.25) is 5.02 Å². The zero-order valence-corrected chi connectivity index (χ0v) is 14.0. The van der Waals surface area contributed by atoms with E-state index in [0.29, 0.717) is 16.9 Å². The number of pyridine rings is 1. The zero-order chi connectivity index (χ0) is 17.3. The van der Waals surface area contributed by atoms with Crippen LogP contribution in [0.25, 0.3) is 0 Å². The first kappa shape index (κ1) is 16.5. The van der Waals surface area contributed by atoms with Crippen molar-refractivity contribution in [2.75, 3.05) is 0 Å². The van der Waals surface area contributed by atoms with Crippen LogP contribution in [-0.4, -0.2) is 16.8 Å². The highest BCUT2D eigenvalue weighted by Crippen LogP contribution is 2.47. The summed E-state index contributed by atoms with van der Waals surface area (Å²) in [6.45, 7) is 2.17. The van der Waals surface area contributed by atoms with Crippen LogP contribution in [0.1, 0.15) is 45.8 Å². The number of carbonyl (C=O) groups is 2. The summed E-state index contributed by atoms with van der Waals surface area (Å²) in [4.78, 5) is 27.6. The highest BCUT2D eigenvalue weighted by Gasteiger charge is 2.41. The van der Waals surface area contributed by atoms with Crippen LogP contribution >= 0.6 is 11.6 Å². The third-order valence-corrected chi connectivity index (χ3v) is 4.65. The molecule has 0 bridgehead atoms.